The first-order valence-electron chi connectivity index (χ1n) is 6.11. The summed E-state index contributed by atoms with van der Waals surface area (Å²) in [6.45, 7) is 1.28. The Balaban J connectivity index is 1.97. The molecule has 0 unspecified atom stereocenters. The van der Waals surface area contributed by atoms with E-state index in [-0.39, 0.29) is 12.4 Å². The van der Waals surface area contributed by atoms with E-state index in [2.05, 4.69) is 14.7 Å². The molecule has 1 aromatic heterocycles. The van der Waals surface area contributed by atoms with E-state index < -0.39 is 0 Å². The number of rotatable bonds is 2. The van der Waals surface area contributed by atoms with Crippen molar-refractivity contribution in [3.05, 3.63) is 18.0 Å². The monoisotopic (exact) mass is 262 g/mol. The summed E-state index contributed by atoms with van der Waals surface area (Å²) < 4.78 is 15.8. The fraction of sp³-hybridized carbons (Fsp3) is 0.385. The smallest absolute Gasteiger partial charge is 0.313 e. The summed E-state index contributed by atoms with van der Waals surface area (Å²) in [5.74, 6) is 1.65. The van der Waals surface area contributed by atoms with Gasteiger partial charge in [-0.2, -0.15) is 0 Å². The Morgan fingerprint density at radius 1 is 1.37 bits per heavy atom. The molecule has 1 aromatic carbocycles. The molecule has 0 saturated carbocycles. The number of fused-ring (bicyclic) bond motifs is 2. The molecular formula is C13H14N2O4. The van der Waals surface area contributed by atoms with Crippen LogP contribution in [0.15, 0.2) is 12.1 Å². The van der Waals surface area contributed by atoms with E-state index in [0.29, 0.717) is 30.5 Å². The number of aromatic amines is 1. The highest BCUT2D eigenvalue weighted by atomic mass is 16.5. The minimum atomic E-state index is -0.326. The molecule has 6 heteroatoms. The largest absolute Gasteiger partial charge is 0.489 e. The SMILES string of the molecule is COC(=O)Cc1nc2cc3c(cc2[nH]1)OCCCO3. The van der Waals surface area contributed by atoms with Crippen molar-refractivity contribution in [3.63, 3.8) is 0 Å². The molecule has 6 nitrogen and oxygen atoms in total. The van der Waals surface area contributed by atoms with E-state index in [1.165, 1.54) is 7.11 Å². The summed E-state index contributed by atoms with van der Waals surface area (Å²) in [6.07, 6.45) is 0.987. The number of hydrogen-bond donors (Lipinski definition) is 1. The summed E-state index contributed by atoms with van der Waals surface area (Å²) in [5, 5.41) is 0. The third-order valence-corrected chi connectivity index (χ3v) is 2.94. The number of hydrogen-bond acceptors (Lipinski definition) is 5. The number of ether oxygens (including phenoxy) is 3. The van der Waals surface area contributed by atoms with Crippen LogP contribution < -0.4 is 9.47 Å². The number of H-pyrrole nitrogens is 1. The Hall–Kier alpha value is -2.24. The lowest BCUT2D eigenvalue weighted by atomic mass is 10.3. The lowest BCUT2D eigenvalue weighted by molar-refractivity contribution is -0.139. The fourth-order valence-corrected chi connectivity index (χ4v) is 2.01. The van der Waals surface area contributed by atoms with Gasteiger partial charge in [0.25, 0.3) is 0 Å². The maximum absolute atomic E-state index is 11.2. The molecule has 1 aliphatic rings. The molecule has 2 heterocycles. The van der Waals surface area contributed by atoms with Gasteiger partial charge >= 0.3 is 5.97 Å². The van der Waals surface area contributed by atoms with Gasteiger partial charge in [0.05, 0.1) is 31.4 Å². The second kappa shape index (κ2) is 4.79. The van der Waals surface area contributed by atoms with Crippen LogP contribution in [0.2, 0.25) is 0 Å². The van der Waals surface area contributed by atoms with Crippen molar-refractivity contribution in [2.45, 2.75) is 12.8 Å². The van der Waals surface area contributed by atoms with Crippen molar-refractivity contribution in [1.82, 2.24) is 9.97 Å². The number of nitrogens with one attached hydrogen (secondary N) is 1. The molecule has 2 aromatic rings. The first kappa shape index (κ1) is 11.8. The zero-order valence-corrected chi connectivity index (χ0v) is 10.6. The number of benzene rings is 1. The number of carbonyl (C=O) groups excluding carboxylic acids is 1. The lowest BCUT2D eigenvalue weighted by Gasteiger charge is -2.05. The predicted octanol–water partition coefficient (Wildman–Crippen LogP) is 1.44. The maximum atomic E-state index is 11.2. The van der Waals surface area contributed by atoms with E-state index >= 15 is 0 Å². The van der Waals surface area contributed by atoms with Gasteiger partial charge in [0, 0.05) is 18.6 Å². The molecule has 1 N–H and O–H groups in total. The molecular weight excluding hydrogens is 248 g/mol. The van der Waals surface area contributed by atoms with Crippen molar-refractivity contribution in [2.75, 3.05) is 20.3 Å². The van der Waals surface area contributed by atoms with Gasteiger partial charge in [-0.1, -0.05) is 0 Å². The van der Waals surface area contributed by atoms with E-state index in [1.54, 1.807) is 0 Å². The minimum Gasteiger partial charge on any atom is -0.489 e. The van der Waals surface area contributed by atoms with Gasteiger partial charge in [-0.05, 0) is 0 Å². The van der Waals surface area contributed by atoms with E-state index in [9.17, 15) is 4.79 Å². The second-order valence-corrected chi connectivity index (χ2v) is 4.30. The molecule has 19 heavy (non-hydrogen) atoms. The highest BCUT2D eigenvalue weighted by Gasteiger charge is 2.15. The van der Waals surface area contributed by atoms with Gasteiger partial charge in [0.15, 0.2) is 11.5 Å². The number of imidazole rings is 1. The number of methoxy groups -OCH3 is 1. The highest BCUT2D eigenvalue weighted by Crippen LogP contribution is 2.33. The van der Waals surface area contributed by atoms with Crippen LogP contribution in [0.3, 0.4) is 0 Å². The number of nitrogens with zero attached hydrogens (tertiary/aromatic N) is 1. The molecule has 0 radical (unpaired) electrons. The summed E-state index contributed by atoms with van der Waals surface area (Å²) in [4.78, 5) is 18.7. The molecule has 0 amide bonds. The van der Waals surface area contributed by atoms with Crippen LogP contribution in [0.4, 0.5) is 0 Å². The van der Waals surface area contributed by atoms with Crippen LogP contribution in [0.5, 0.6) is 11.5 Å². The lowest BCUT2D eigenvalue weighted by Crippen LogP contribution is -2.05. The van der Waals surface area contributed by atoms with Crippen LogP contribution in [0, 0.1) is 0 Å². The van der Waals surface area contributed by atoms with Gasteiger partial charge in [-0.25, -0.2) is 4.98 Å². The van der Waals surface area contributed by atoms with Crippen LogP contribution in [-0.2, 0) is 16.0 Å². The van der Waals surface area contributed by atoms with E-state index in [4.69, 9.17) is 9.47 Å². The normalized spacial score (nSPS) is 14.2. The first-order valence-corrected chi connectivity index (χ1v) is 6.11. The van der Waals surface area contributed by atoms with Gasteiger partial charge < -0.3 is 19.2 Å². The molecule has 0 fully saturated rings. The summed E-state index contributed by atoms with van der Waals surface area (Å²) >= 11 is 0. The van der Waals surface area contributed by atoms with Gasteiger partial charge in [-0.3, -0.25) is 4.79 Å². The van der Waals surface area contributed by atoms with E-state index in [1.807, 2.05) is 12.1 Å². The molecule has 0 bridgehead atoms. The van der Waals surface area contributed by atoms with Crippen molar-refractivity contribution in [2.24, 2.45) is 0 Å². The quantitative estimate of drug-likeness (QED) is 0.829. The van der Waals surface area contributed by atoms with Crippen molar-refractivity contribution < 1.29 is 19.0 Å². The zero-order valence-electron chi connectivity index (χ0n) is 10.6. The molecule has 0 spiro atoms. The predicted molar refractivity (Wildman–Crippen MR) is 67.4 cm³/mol. The first-order chi connectivity index (χ1) is 9.26. The summed E-state index contributed by atoms with van der Waals surface area (Å²) in [5.41, 5.74) is 1.58. The van der Waals surface area contributed by atoms with Gasteiger partial charge in [0.1, 0.15) is 12.2 Å². The Morgan fingerprint density at radius 2 is 2.11 bits per heavy atom. The average molecular weight is 262 g/mol. The maximum Gasteiger partial charge on any atom is 0.313 e. The number of aromatic nitrogens is 2. The van der Waals surface area contributed by atoms with Crippen molar-refractivity contribution in [3.8, 4) is 11.5 Å². The average Bonchev–Trinajstić information content (AvgIpc) is 2.63. The number of carbonyl (C=O) groups is 1. The Bertz CT molecular complexity index is 577. The molecule has 100 valence electrons. The number of esters is 1. The second-order valence-electron chi connectivity index (χ2n) is 4.30. The van der Waals surface area contributed by atoms with Crippen LogP contribution in [-0.4, -0.2) is 36.3 Å². The third kappa shape index (κ3) is 2.33. The Kier molecular flexibility index (Phi) is 2.98. The van der Waals surface area contributed by atoms with Gasteiger partial charge in [0.2, 0.25) is 0 Å². The van der Waals surface area contributed by atoms with Gasteiger partial charge in [-0.15, -0.1) is 0 Å². The van der Waals surface area contributed by atoms with Crippen molar-refractivity contribution in [1.29, 1.82) is 0 Å². The third-order valence-electron chi connectivity index (χ3n) is 2.94. The Labute approximate surface area is 109 Å². The molecule has 0 saturated heterocycles. The van der Waals surface area contributed by atoms with Crippen LogP contribution in [0.25, 0.3) is 11.0 Å². The minimum absolute atomic E-state index is 0.123. The van der Waals surface area contributed by atoms with Crippen LogP contribution in [0.1, 0.15) is 12.2 Å². The highest BCUT2D eigenvalue weighted by molar-refractivity contribution is 5.81. The zero-order chi connectivity index (χ0) is 13.2. The van der Waals surface area contributed by atoms with Crippen LogP contribution >= 0.6 is 0 Å². The molecule has 0 aliphatic carbocycles. The molecule has 3 rings (SSSR count). The van der Waals surface area contributed by atoms with E-state index in [0.717, 1.165) is 17.5 Å². The summed E-state index contributed by atoms with van der Waals surface area (Å²) in [6, 6.07) is 3.68. The summed E-state index contributed by atoms with van der Waals surface area (Å²) in [7, 11) is 1.36. The fourth-order valence-electron chi connectivity index (χ4n) is 2.01. The molecule has 0 atom stereocenters. The standard InChI is InChI=1S/C13H14N2O4/c1-17-13(16)7-12-14-8-5-10-11(6-9(8)15-12)19-4-2-3-18-10/h5-6H,2-4,7H2,1H3,(H,14,15). The molecule has 1 aliphatic heterocycles. The Morgan fingerprint density at radius 3 is 2.84 bits per heavy atom. The van der Waals surface area contributed by atoms with Crippen molar-refractivity contribution >= 4 is 17.0 Å². The topological polar surface area (TPSA) is 73.4 Å².